The normalized spacial score (nSPS) is 18.4. The number of aliphatic imine (C=N–C) groups is 1. The van der Waals surface area contributed by atoms with Crippen molar-refractivity contribution in [3.63, 3.8) is 0 Å². The van der Waals surface area contributed by atoms with Gasteiger partial charge < -0.3 is 50.0 Å². The number of carbonyl (C=O) groups is 4. The predicted molar refractivity (Wildman–Crippen MR) is 259 cm³/mol. The van der Waals surface area contributed by atoms with Gasteiger partial charge in [-0.3, -0.25) is 23.9 Å². The van der Waals surface area contributed by atoms with Gasteiger partial charge >= 0.3 is 150 Å². The molecule has 0 atom stereocenters. The van der Waals surface area contributed by atoms with Crippen LogP contribution >= 0.6 is 70.4 Å². The molecule has 25 heteroatoms. The number of rotatable bonds is 3. The molecule has 0 aromatic carbocycles. The number of hydrogen-bond donors (Lipinski definition) is 0. The first-order chi connectivity index (χ1) is 30.2. The molecule has 0 spiro atoms. The Bertz CT molecular complexity index is 2060. The zero-order valence-electron chi connectivity index (χ0n) is 40.2. The second kappa shape index (κ2) is 30.1. The van der Waals surface area contributed by atoms with Crippen LogP contribution in [0.25, 0.3) is 0 Å². The van der Waals surface area contributed by atoms with Crippen LogP contribution in [0.3, 0.4) is 0 Å². The van der Waals surface area contributed by atoms with Crippen LogP contribution in [0.4, 0.5) is 9.59 Å². The monoisotopic (exact) mass is 1480 g/mol. The molecule has 19 nitrogen and oxygen atoms in total. The van der Waals surface area contributed by atoms with E-state index in [1.165, 1.54) is 17.0 Å². The average molecular weight is 1490 g/mol. The van der Waals surface area contributed by atoms with E-state index in [0.717, 1.165) is 113 Å². The van der Waals surface area contributed by atoms with E-state index in [1.807, 2.05) is 46.4 Å². The second-order valence-corrected chi connectivity index (χ2v) is 21.7. The van der Waals surface area contributed by atoms with Crippen LogP contribution in [0.5, 0.6) is 0 Å². The number of amides is 3. The van der Waals surface area contributed by atoms with Crippen LogP contribution in [0.1, 0.15) is 98.3 Å². The molecule has 67 heavy (non-hydrogen) atoms. The van der Waals surface area contributed by atoms with Crippen molar-refractivity contribution in [1.82, 2.24) is 34.3 Å². The largest absolute Gasteiger partial charge is 1.00 e. The Morgan fingerprint density at radius 1 is 0.731 bits per heavy atom. The van der Waals surface area contributed by atoms with Gasteiger partial charge in [0.25, 0.3) is 6.47 Å². The van der Waals surface area contributed by atoms with Gasteiger partial charge in [-0.1, -0.05) is 30.0 Å². The zero-order chi connectivity index (χ0) is 46.9. The van der Waals surface area contributed by atoms with Crippen molar-refractivity contribution in [3.05, 3.63) is 42.9 Å². The van der Waals surface area contributed by atoms with E-state index in [2.05, 4.69) is 99.8 Å². The second-order valence-electron chi connectivity index (χ2n) is 17.7. The topological polar surface area (TPSA) is 204 Å². The van der Waals surface area contributed by atoms with Gasteiger partial charge in [-0.15, -0.1) is 0 Å². The van der Waals surface area contributed by atoms with Gasteiger partial charge in [0.1, 0.15) is 25.0 Å². The summed E-state index contributed by atoms with van der Waals surface area (Å²) in [6.07, 6.45) is 2.07. The van der Waals surface area contributed by atoms with E-state index in [0.29, 0.717) is 38.3 Å². The van der Waals surface area contributed by atoms with Crippen molar-refractivity contribution >= 4 is 99.6 Å². The Kier molecular flexibility index (Phi) is 29.0. The standard InChI is InChI=1S/C14H20BrN3O3.C12H17BrN2O2.C11H14BrN3O2.C3H5IO.CH2O3.CH4.2Cs.H/c1-14(2,3)21-13(19)17-5-4-11-10(6-17)12(15)16-18(11)9-7-20-8-9;1-12(2,3)17-11(16)15-5-4-8-6-14-10(13)9(8)7-15;1-7(16)14-3-2-10-9(4-14)11(12)13-15(10)8-5-17-6-8;4-3-1-5-2-3;2-1-4-3;;;;/h9H,4-8H2,1-3H3;4-7H2,1-3H3;8H,2-6H2,1H3;3H,1-2H2;1,3H;1H4;;;/q;;;;;;2*+1;-1/p-1. The molecule has 9 heterocycles. The molecule has 3 saturated heterocycles. The summed E-state index contributed by atoms with van der Waals surface area (Å²) in [6, 6.07) is 0.706. The summed E-state index contributed by atoms with van der Waals surface area (Å²) in [5.41, 5.74) is 6.28. The Morgan fingerprint density at radius 2 is 1.12 bits per heavy atom. The van der Waals surface area contributed by atoms with Crippen LogP contribution in [0, 0.1) is 0 Å². The number of nitrogens with zero attached hydrogens (tertiary/aromatic N) is 8. The maximum absolute atomic E-state index is 12.2. The van der Waals surface area contributed by atoms with Crippen molar-refractivity contribution in [2.75, 3.05) is 72.4 Å². The van der Waals surface area contributed by atoms with E-state index in [1.54, 1.807) is 16.7 Å². The molecule has 7 aliphatic heterocycles. The van der Waals surface area contributed by atoms with E-state index < -0.39 is 11.2 Å². The fraction of sp³-hybridized carbons (Fsp3) is 0.690. The fourth-order valence-corrected chi connectivity index (χ4v) is 9.12. The Morgan fingerprint density at radius 3 is 1.48 bits per heavy atom. The molecule has 0 bridgehead atoms. The van der Waals surface area contributed by atoms with Crippen molar-refractivity contribution in [1.29, 1.82) is 0 Å². The van der Waals surface area contributed by atoms with Crippen LogP contribution in [-0.2, 0) is 64.1 Å². The van der Waals surface area contributed by atoms with Crippen LogP contribution in [0.2, 0.25) is 0 Å². The van der Waals surface area contributed by atoms with Crippen molar-refractivity contribution in [2.45, 2.75) is 115 Å². The summed E-state index contributed by atoms with van der Waals surface area (Å²) in [5, 5.41) is 17.5. The minimum absolute atomic E-state index is 0. The zero-order valence-corrected chi connectivity index (χ0v) is 58.7. The van der Waals surface area contributed by atoms with Gasteiger partial charge in [0.2, 0.25) is 5.91 Å². The Labute approximate surface area is 551 Å². The number of aromatic nitrogens is 4. The van der Waals surface area contributed by atoms with E-state index in [4.69, 9.17) is 33.7 Å². The molecule has 0 aliphatic carbocycles. The molecule has 0 unspecified atom stereocenters. The first-order valence-electron chi connectivity index (χ1n) is 20.9. The number of fused-ring (bicyclic) bond motifs is 2. The van der Waals surface area contributed by atoms with Crippen molar-refractivity contribution in [2.24, 2.45) is 4.99 Å². The summed E-state index contributed by atoms with van der Waals surface area (Å²) >= 11 is 12.8. The first-order valence-corrected chi connectivity index (χ1v) is 24.6. The first kappa shape index (κ1) is 64.5. The quantitative estimate of drug-likeness (QED) is 0.134. The SMILES string of the molecule is C.CC(=O)N1CCc2c(c(Br)nn2C2COC2)C1.CC(C)(C)OC(=O)N1CCC2=C(C1)C(Br)=NC2.CC(C)(C)OC(=O)N1CCc2c(c(Br)nn2C2COC2)C1.IC1COC1.O=CO[O-].[Cs+].[Cs+].[H-]. The minimum atomic E-state index is -0.470. The summed E-state index contributed by atoms with van der Waals surface area (Å²) < 4.78 is 33.6. The molecular formula is C42H62Br3Cs2IN8O11. The molecule has 9 rings (SSSR count). The molecule has 3 amide bonds. The van der Waals surface area contributed by atoms with Crippen LogP contribution < -0.4 is 143 Å². The third-order valence-corrected chi connectivity index (χ3v) is 13.2. The van der Waals surface area contributed by atoms with Gasteiger partial charge in [-0.05, 0) is 101 Å². The Hall–Kier alpha value is 1.42. The van der Waals surface area contributed by atoms with Gasteiger partial charge in [0.05, 0.1) is 81.8 Å². The third kappa shape index (κ3) is 19.3. The van der Waals surface area contributed by atoms with Gasteiger partial charge in [0.15, 0.2) is 0 Å². The molecule has 2 aromatic rings. The number of hydrogen-bond acceptors (Lipinski definition) is 14. The number of halogens is 4. The molecular weight excluding hydrogens is 1420 g/mol. The number of ether oxygens (including phenoxy) is 5. The molecule has 366 valence electrons. The Balaban J connectivity index is 0.000000456. The molecule has 2 aromatic heterocycles. The summed E-state index contributed by atoms with van der Waals surface area (Å²) in [7, 11) is 0. The van der Waals surface area contributed by atoms with Gasteiger partial charge in [0, 0.05) is 67.5 Å². The van der Waals surface area contributed by atoms with Crippen LogP contribution in [-0.4, -0.2) is 151 Å². The van der Waals surface area contributed by atoms with Gasteiger partial charge in [-0.2, -0.15) is 10.2 Å². The van der Waals surface area contributed by atoms with E-state index in [9.17, 15) is 14.4 Å². The summed E-state index contributed by atoms with van der Waals surface area (Å²) in [5.74, 6) is 0.127. The fourth-order valence-electron chi connectivity index (χ4n) is 7.03. The maximum Gasteiger partial charge on any atom is 1.00 e. The smallest absolute Gasteiger partial charge is 1.00 e. The average Bonchev–Trinajstić information content (AvgIpc) is 3.83. The molecule has 7 aliphatic rings. The number of carbonyl (C=O) groups excluding carboxylic acids is 4. The van der Waals surface area contributed by atoms with E-state index in [-0.39, 0.29) is 171 Å². The summed E-state index contributed by atoms with van der Waals surface area (Å²) in [4.78, 5) is 56.4. The predicted octanol–water partition coefficient (Wildman–Crippen LogP) is 0.374. The molecule has 0 radical (unpaired) electrons. The molecule has 0 N–H and O–H groups in total. The van der Waals surface area contributed by atoms with Gasteiger partial charge in [-0.25, -0.2) is 9.59 Å². The minimum Gasteiger partial charge on any atom is -1.00 e. The molecule has 0 saturated carbocycles. The number of alkyl halides is 1. The van der Waals surface area contributed by atoms with Crippen LogP contribution in [0.15, 0.2) is 25.3 Å². The third-order valence-electron chi connectivity index (χ3n) is 10.5. The molecule has 3 fully saturated rings. The summed E-state index contributed by atoms with van der Waals surface area (Å²) in [6.45, 7) is 22.4. The van der Waals surface area contributed by atoms with Crippen molar-refractivity contribution < 1.29 is 192 Å². The van der Waals surface area contributed by atoms with E-state index >= 15 is 0 Å². The maximum atomic E-state index is 12.2. The van der Waals surface area contributed by atoms with Crippen molar-refractivity contribution in [3.8, 4) is 0 Å².